The number of aromatic nitrogens is 3. The summed E-state index contributed by atoms with van der Waals surface area (Å²) in [4.78, 5) is 29.4. The van der Waals surface area contributed by atoms with Crippen molar-refractivity contribution in [2.45, 2.75) is 26.4 Å². The zero-order valence-corrected chi connectivity index (χ0v) is 18.3. The molecule has 0 spiro atoms. The quantitative estimate of drug-likeness (QED) is 0.505. The van der Waals surface area contributed by atoms with E-state index in [9.17, 15) is 9.59 Å². The highest BCUT2D eigenvalue weighted by atomic mass is 16.5. The molecule has 2 aromatic carbocycles. The number of hydrogen-bond donors (Lipinski definition) is 2. The van der Waals surface area contributed by atoms with E-state index in [1.807, 2.05) is 19.9 Å². The molecule has 0 aliphatic heterocycles. The van der Waals surface area contributed by atoms with Gasteiger partial charge < -0.3 is 20.1 Å². The van der Waals surface area contributed by atoms with E-state index in [0.717, 1.165) is 0 Å². The first-order valence-electron chi connectivity index (χ1n) is 10.3. The summed E-state index contributed by atoms with van der Waals surface area (Å²) in [5.74, 6) is 0.530. The number of anilines is 1. The van der Waals surface area contributed by atoms with Gasteiger partial charge in [0.25, 0.3) is 5.91 Å². The van der Waals surface area contributed by atoms with E-state index in [-0.39, 0.29) is 17.7 Å². The van der Waals surface area contributed by atoms with Crippen molar-refractivity contribution in [2.24, 2.45) is 5.92 Å². The van der Waals surface area contributed by atoms with Gasteiger partial charge in [-0.15, -0.1) is 0 Å². The summed E-state index contributed by atoms with van der Waals surface area (Å²) >= 11 is 0. The molecule has 9 nitrogen and oxygen atoms in total. The van der Waals surface area contributed by atoms with E-state index < -0.39 is 6.04 Å². The van der Waals surface area contributed by atoms with E-state index in [0.29, 0.717) is 35.9 Å². The summed E-state index contributed by atoms with van der Waals surface area (Å²) in [5, 5.41) is 9.70. The minimum atomic E-state index is -0.707. The maximum atomic E-state index is 12.9. The molecule has 0 bridgehead atoms. The molecule has 1 unspecified atom stereocenters. The van der Waals surface area contributed by atoms with Gasteiger partial charge in [-0.05, 0) is 42.3 Å². The standard InChI is InChI=1S/C23H27N5O4/c1-16(2)21(27-22(29)17-7-9-19(31-3)10-8-17)23(30)26-18-5-4-6-20(13-18)32-12-11-28-15-24-14-25-28/h4-10,13-16,21H,11-12H2,1-3H3,(H,26,30)(H,27,29). The molecule has 9 heteroatoms. The minimum Gasteiger partial charge on any atom is -0.497 e. The molecule has 2 amide bonds. The molecule has 3 aromatic rings. The van der Waals surface area contributed by atoms with Crippen LogP contribution in [0.5, 0.6) is 11.5 Å². The number of ether oxygens (including phenoxy) is 2. The van der Waals surface area contributed by atoms with Crippen LogP contribution < -0.4 is 20.1 Å². The summed E-state index contributed by atoms with van der Waals surface area (Å²) in [6.07, 6.45) is 3.08. The van der Waals surface area contributed by atoms with Crippen LogP contribution in [0.25, 0.3) is 0 Å². The van der Waals surface area contributed by atoms with Crippen molar-refractivity contribution in [2.75, 3.05) is 19.0 Å². The van der Waals surface area contributed by atoms with Gasteiger partial charge in [-0.1, -0.05) is 19.9 Å². The van der Waals surface area contributed by atoms with Crippen LogP contribution in [-0.4, -0.2) is 46.3 Å². The van der Waals surface area contributed by atoms with Gasteiger partial charge in [0.05, 0.1) is 13.7 Å². The zero-order chi connectivity index (χ0) is 22.9. The smallest absolute Gasteiger partial charge is 0.251 e. The van der Waals surface area contributed by atoms with E-state index in [1.54, 1.807) is 60.6 Å². The van der Waals surface area contributed by atoms with Crippen LogP contribution in [0.1, 0.15) is 24.2 Å². The maximum Gasteiger partial charge on any atom is 0.251 e. The molecular weight excluding hydrogens is 410 g/mol. The molecule has 0 saturated carbocycles. The van der Waals surface area contributed by atoms with Crippen LogP contribution in [-0.2, 0) is 11.3 Å². The molecule has 32 heavy (non-hydrogen) atoms. The lowest BCUT2D eigenvalue weighted by Crippen LogP contribution is -2.47. The Hall–Kier alpha value is -3.88. The lowest BCUT2D eigenvalue weighted by molar-refractivity contribution is -0.118. The zero-order valence-electron chi connectivity index (χ0n) is 18.3. The fourth-order valence-electron chi connectivity index (χ4n) is 2.99. The summed E-state index contributed by atoms with van der Waals surface area (Å²) in [6.45, 7) is 4.72. The normalized spacial score (nSPS) is 11.6. The van der Waals surface area contributed by atoms with Gasteiger partial charge in [0.1, 0.15) is 36.8 Å². The fourth-order valence-corrected chi connectivity index (χ4v) is 2.99. The second kappa shape index (κ2) is 10.9. The number of benzene rings is 2. The third-order valence-corrected chi connectivity index (χ3v) is 4.75. The first-order valence-corrected chi connectivity index (χ1v) is 10.3. The predicted molar refractivity (Wildman–Crippen MR) is 120 cm³/mol. The first kappa shape index (κ1) is 22.8. The van der Waals surface area contributed by atoms with Crippen LogP contribution in [0.2, 0.25) is 0 Å². The first-order chi connectivity index (χ1) is 15.5. The summed E-state index contributed by atoms with van der Waals surface area (Å²) in [5.41, 5.74) is 1.03. The Balaban J connectivity index is 1.59. The molecule has 168 valence electrons. The highest BCUT2D eigenvalue weighted by Crippen LogP contribution is 2.19. The van der Waals surface area contributed by atoms with E-state index in [2.05, 4.69) is 20.7 Å². The van der Waals surface area contributed by atoms with Crippen LogP contribution in [0, 0.1) is 5.92 Å². The molecule has 0 fully saturated rings. The van der Waals surface area contributed by atoms with Gasteiger partial charge in [-0.3, -0.25) is 9.59 Å². The predicted octanol–water partition coefficient (Wildman–Crippen LogP) is 2.76. The van der Waals surface area contributed by atoms with Gasteiger partial charge in [-0.2, -0.15) is 5.10 Å². The summed E-state index contributed by atoms with van der Waals surface area (Å²) in [6, 6.07) is 13.1. The Morgan fingerprint density at radius 3 is 2.53 bits per heavy atom. The average molecular weight is 438 g/mol. The molecule has 3 rings (SSSR count). The lowest BCUT2D eigenvalue weighted by Gasteiger charge is -2.22. The highest BCUT2D eigenvalue weighted by molar-refractivity contribution is 6.01. The minimum absolute atomic E-state index is 0.112. The van der Waals surface area contributed by atoms with Crippen molar-refractivity contribution in [3.8, 4) is 11.5 Å². The van der Waals surface area contributed by atoms with Crippen molar-refractivity contribution in [3.63, 3.8) is 0 Å². The number of nitrogens with zero attached hydrogens (tertiary/aromatic N) is 3. The third kappa shape index (κ3) is 6.31. The topological polar surface area (TPSA) is 107 Å². The third-order valence-electron chi connectivity index (χ3n) is 4.75. The van der Waals surface area contributed by atoms with Gasteiger partial charge >= 0.3 is 0 Å². The van der Waals surface area contributed by atoms with Crippen molar-refractivity contribution in [3.05, 3.63) is 66.7 Å². The number of carbonyl (C=O) groups is 2. The maximum absolute atomic E-state index is 12.9. The van der Waals surface area contributed by atoms with Gasteiger partial charge in [0, 0.05) is 17.3 Å². The van der Waals surface area contributed by atoms with Gasteiger partial charge in [0.2, 0.25) is 5.91 Å². The molecule has 1 atom stereocenters. The number of carbonyl (C=O) groups excluding carboxylic acids is 2. The van der Waals surface area contributed by atoms with Gasteiger partial charge in [-0.25, -0.2) is 9.67 Å². The van der Waals surface area contributed by atoms with Crippen LogP contribution in [0.4, 0.5) is 5.69 Å². The van der Waals surface area contributed by atoms with Crippen molar-refractivity contribution < 1.29 is 19.1 Å². The average Bonchev–Trinajstić information content (AvgIpc) is 3.31. The molecule has 0 saturated heterocycles. The molecule has 0 radical (unpaired) electrons. The Morgan fingerprint density at radius 1 is 1.09 bits per heavy atom. The van der Waals surface area contributed by atoms with E-state index >= 15 is 0 Å². The summed E-state index contributed by atoms with van der Waals surface area (Å²) in [7, 11) is 1.56. The van der Waals surface area contributed by atoms with Crippen molar-refractivity contribution >= 4 is 17.5 Å². The highest BCUT2D eigenvalue weighted by Gasteiger charge is 2.25. The Kier molecular flexibility index (Phi) is 7.80. The lowest BCUT2D eigenvalue weighted by atomic mass is 10.0. The van der Waals surface area contributed by atoms with Crippen LogP contribution >= 0.6 is 0 Å². The van der Waals surface area contributed by atoms with E-state index in [4.69, 9.17) is 9.47 Å². The molecule has 0 aliphatic carbocycles. The van der Waals surface area contributed by atoms with Crippen molar-refractivity contribution in [1.29, 1.82) is 0 Å². The van der Waals surface area contributed by atoms with Crippen LogP contribution in [0.15, 0.2) is 61.2 Å². The van der Waals surface area contributed by atoms with Gasteiger partial charge in [0.15, 0.2) is 0 Å². The Labute approximate surface area is 186 Å². The second-order valence-electron chi connectivity index (χ2n) is 7.45. The second-order valence-corrected chi connectivity index (χ2v) is 7.45. The number of methoxy groups -OCH3 is 1. The monoisotopic (exact) mass is 437 g/mol. The molecular formula is C23H27N5O4. The van der Waals surface area contributed by atoms with Crippen LogP contribution in [0.3, 0.4) is 0 Å². The Bertz CT molecular complexity index is 1020. The SMILES string of the molecule is COc1ccc(C(=O)NC(C(=O)Nc2cccc(OCCn3cncn3)c2)C(C)C)cc1. The molecule has 1 heterocycles. The number of nitrogens with one attached hydrogen (secondary N) is 2. The largest absolute Gasteiger partial charge is 0.497 e. The van der Waals surface area contributed by atoms with E-state index in [1.165, 1.54) is 6.33 Å². The number of amides is 2. The number of hydrogen-bond acceptors (Lipinski definition) is 6. The Morgan fingerprint density at radius 2 is 1.88 bits per heavy atom. The molecule has 2 N–H and O–H groups in total. The van der Waals surface area contributed by atoms with Crippen molar-refractivity contribution in [1.82, 2.24) is 20.1 Å². The summed E-state index contributed by atoms with van der Waals surface area (Å²) < 4.78 is 12.5. The molecule has 0 aliphatic rings. The number of rotatable bonds is 10. The fraction of sp³-hybridized carbons (Fsp3) is 0.304. The molecule has 1 aromatic heterocycles.